The van der Waals surface area contributed by atoms with Crippen molar-refractivity contribution in [2.24, 2.45) is 0 Å². The van der Waals surface area contributed by atoms with Gasteiger partial charge in [0, 0.05) is 19.4 Å². The molecule has 0 spiro atoms. The van der Waals surface area contributed by atoms with Crippen molar-refractivity contribution in [1.82, 2.24) is 19.1 Å². The number of hydrogen-bond donors (Lipinski definition) is 1. The van der Waals surface area contributed by atoms with Crippen LogP contribution in [0.3, 0.4) is 0 Å². The fraction of sp³-hybridized carbons (Fsp3) is 0.647. The lowest BCUT2D eigenvalue weighted by Crippen LogP contribution is -2.40. The van der Waals surface area contributed by atoms with Crippen LogP contribution in [0.2, 0.25) is 0 Å². The smallest absolute Gasteiger partial charge is 0.332 e. The Morgan fingerprint density at radius 3 is 2.60 bits per heavy atom. The molecule has 2 aromatic rings. The van der Waals surface area contributed by atoms with Crippen LogP contribution in [0.1, 0.15) is 57.7 Å². The number of imidazole rings is 1. The number of rotatable bonds is 6. The fourth-order valence-corrected chi connectivity index (χ4v) is 3.48. The maximum Gasteiger partial charge on any atom is 0.332 e. The average Bonchev–Trinajstić information content (AvgIpc) is 3.23. The molecule has 0 bridgehead atoms. The molecule has 2 heterocycles. The van der Waals surface area contributed by atoms with Gasteiger partial charge in [0.05, 0.1) is 6.54 Å². The van der Waals surface area contributed by atoms with E-state index in [1.54, 1.807) is 0 Å². The number of H-pyrrole nitrogens is 1. The van der Waals surface area contributed by atoms with E-state index in [1.165, 1.54) is 16.1 Å². The maximum atomic E-state index is 12.7. The molecule has 0 aliphatic heterocycles. The molecule has 1 saturated carbocycles. The van der Waals surface area contributed by atoms with Crippen molar-refractivity contribution in [3.05, 3.63) is 26.7 Å². The number of ether oxygens (including phenoxy) is 1. The SMILES string of the molecule is CCCn1c(=O)c2[nH]c(C3CCCC3)nc2n(CCOC(C)=O)c1=O. The van der Waals surface area contributed by atoms with E-state index < -0.39 is 11.7 Å². The van der Waals surface area contributed by atoms with Gasteiger partial charge in [-0.3, -0.25) is 18.7 Å². The number of carbonyl (C=O) groups excluding carboxylic acids is 1. The van der Waals surface area contributed by atoms with Gasteiger partial charge in [-0.2, -0.15) is 0 Å². The lowest BCUT2D eigenvalue weighted by molar-refractivity contribution is -0.141. The molecular formula is C17H24N4O4. The molecule has 136 valence electrons. The minimum Gasteiger partial charge on any atom is -0.464 e. The second-order valence-corrected chi connectivity index (χ2v) is 6.53. The molecule has 0 radical (unpaired) electrons. The summed E-state index contributed by atoms with van der Waals surface area (Å²) in [6, 6.07) is 0. The van der Waals surface area contributed by atoms with Crippen LogP contribution in [0.4, 0.5) is 0 Å². The van der Waals surface area contributed by atoms with Gasteiger partial charge < -0.3 is 9.72 Å². The Bertz CT molecular complexity index is 886. The first-order valence-corrected chi connectivity index (χ1v) is 8.89. The monoisotopic (exact) mass is 348 g/mol. The molecule has 0 unspecified atom stereocenters. The van der Waals surface area contributed by atoms with Crippen LogP contribution in [-0.4, -0.2) is 31.7 Å². The number of fused-ring (bicyclic) bond motifs is 1. The number of esters is 1. The van der Waals surface area contributed by atoms with E-state index in [-0.39, 0.29) is 18.7 Å². The molecule has 1 aliphatic carbocycles. The summed E-state index contributed by atoms with van der Waals surface area (Å²) in [7, 11) is 0. The number of nitrogens with zero attached hydrogens (tertiary/aromatic N) is 3. The van der Waals surface area contributed by atoms with Crippen molar-refractivity contribution in [2.75, 3.05) is 6.61 Å². The Labute approximate surface area is 144 Å². The fourth-order valence-electron chi connectivity index (χ4n) is 3.48. The standard InChI is InChI=1S/C17H24N4O4/c1-3-8-21-16(23)13-15(19-14(18-13)12-6-4-5-7-12)20(17(21)24)9-10-25-11(2)22/h12H,3-10H2,1-2H3,(H,18,19). The van der Waals surface area contributed by atoms with Crippen LogP contribution in [0.15, 0.2) is 9.59 Å². The largest absolute Gasteiger partial charge is 0.464 e. The van der Waals surface area contributed by atoms with Gasteiger partial charge in [0.15, 0.2) is 5.65 Å². The van der Waals surface area contributed by atoms with Crippen LogP contribution < -0.4 is 11.2 Å². The van der Waals surface area contributed by atoms with Gasteiger partial charge >= 0.3 is 11.7 Å². The number of hydrogen-bond acceptors (Lipinski definition) is 5. The third-order valence-electron chi connectivity index (χ3n) is 4.69. The van der Waals surface area contributed by atoms with Gasteiger partial charge in [-0.05, 0) is 19.3 Å². The molecule has 0 atom stereocenters. The van der Waals surface area contributed by atoms with E-state index in [1.807, 2.05) is 6.92 Å². The molecule has 2 aromatic heterocycles. The van der Waals surface area contributed by atoms with Gasteiger partial charge in [-0.25, -0.2) is 9.78 Å². The molecule has 0 aromatic carbocycles. The predicted molar refractivity (Wildman–Crippen MR) is 92.7 cm³/mol. The summed E-state index contributed by atoms with van der Waals surface area (Å²) in [5.74, 6) is 0.683. The number of aromatic nitrogens is 4. The minimum absolute atomic E-state index is 0.0697. The Morgan fingerprint density at radius 2 is 1.96 bits per heavy atom. The highest BCUT2D eigenvalue weighted by atomic mass is 16.5. The third kappa shape index (κ3) is 3.38. The van der Waals surface area contributed by atoms with Crippen LogP contribution in [0.25, 0.3) is 11.2 Å². The molecule has 1 fully saturated rings. The summed E-state index contributed by atoms with van der Waals surface area (Å²) in [6.45, 7) is 3.83. The Morgan fingerprint density at radius 1 is 1.24 bits per heavy atom. The zero-order valence-corrected chi connectivity index (χ0v) is 14.7. The highest BCUT2D eigenvalue weighted by Crippen LogP contribution is 2.32. The zero-order chi connectivity index (χ0) is 18.0. The molecule has 1 aliphatic rings. The van der Waals surface area contributed by atoms with Crippen LogP contribution in [-0.2, 0) is 22.6 Å². The highest BCUT2D eigenvalue weighted by molar-refractivity contribution is 5.70. The van der Waals surface area contributed by atoms with Crippen molar-refractivity contribution in [3.63, 3.8) is 0 Å². The van der Waals surface area contributed by atoms with E-state index in [0.29, 0.717) is 30.0 Å². The Hall–Kier alpha value is -2.38. The second-order valence-electron chi connectivity index (χ2n) is 6.53. The molecule has 0 saturated heterocycles. The van der Waals surface area contributed by atoms with Crippen molar-refractivity contribution >= 4 is 17.1 Å². The third-order valence-corrected chi connectivity index (χ3v) is 4.69. The van der Waals surface area contributed by atoms with Crippen molar-refractivity contribution in [1.29, 1.82) is 0 Å². The van der Waals surface area contributed by atoms with Crippen LogP contribution >= 0.6 is 0 Å². The minimum atomic E-state index is -0.407. The molecule has 3 rings (SSSR count). The van der Waals surface area contributed by atoms with Gasteiger partial charge in [0.1, 0.15) is 17.9 Å². The summed E-state index contributed by atoms with van der Waals surface area (Å²) in [4.78, 5) is 44.2. The maximum absolute atomic E-state index is 12.7. The Balaban J connectivity index is 2.10. The molecule has 0 amide bonds. The van der Waals surface area contributed by atoms with Gasteiger partial charge in [0.2, 0.25) is 0 Å². The molecule has 25 heavy (non-hydrogen) atoms. The predicted octanol–water partition coefficient (Wildman–Crippen LogP) is 1.52. The second kappa shape index (κ2) is 7.25. The van der Waals surface area contributed by atoms with Gasteiger partial charge in [0.25, 0.3) is 5.56 Å². The molecule has 8 nitrogen and oxygen atoms in total. The van der Waals surface area contributed by atoms with E-state index >= 15 is 0 Å². The molecule has 1 N–H and O–H groups in total. The van der Waals surface area contributed by atoms with Crippen molar-refractivity contribution in [2.45, 2.75) is 65.0 Å². The van der Waals surface area contributed by atoms with E-state index in [2.05, 4.69) is 9.97 Å². The summed E-state index contributed by atoms with van der Waals surface area (Å²) in [5.41, 5.74) is -0.0208. The topological polar surface area (TPSA) is 99.0 Å². The zero-order valence-electron chi connectivity index (χ0n) is 14.7. The first-order valence-electron chi connectivity index (χ1n) is 8.89. The highest BCUT2D eigenvalue weighted by Gasteiger charge is 2.23. The molecule has 8 heteroatoms. The van der Waals surface area contributed by atoms with Crippen LogP contribution in [0, 0.1) is 0 Å². The van der Waals surface area contributed by atoms with E-state index in [0.717, 1.165) is 31.5 Å². The van der Waals surface area contributed by atoms with Crippen LogP contribution in [0.5, 0.6) is 0 Å². The van der Waals surface area contributed by atoms with Crippen molar-refractivity contribution < 1.29 is 9.53 Å². The first-order chi connectivity index (χ1) is 12.0. The lowest BCUT2D eigenvalue weighted by atomic mass is 10.1. The quantitative estimate of drug-likeness (QED) is 0.798. The summed E-state index contributed by atoms with van der Waals surface area (Å²) >= 11 is 0. The van der Waals surface area contributed by atoms with Gasteiger partial charge in [-0.15, -0.1) is 0 Å². The number of aromatic amines is 1. The normalized spacial score (nSPS) is 15.1. The number of nitrogens with one attached hydrogen (secondary N) is 1. The van der Waals surface area contributed by atoms with Gasteiger partial charge in [-0.1, -0.05) is 19.8 Å². The molecular weight excluding hydrogens is 324 g/mol. The number of carbonyl (C=O) groups is 1. The summed E-state index contributed by atoms with van der Waals surface area (Å²) < 4.78 is 7.63. The summed E-state index contributed by atoms with van der Waals surface area (Å²) in [6.07, 6.45) is 5.07. The summed E-state index contributed by atoms with van der Waals surface area (Å²) in [5, 5.41) is 0. The average molecular weight is 348 g/mol. The Kier molecular flexibility index (Phi) is 5.06. The van der Waals surface area contributed by atoms with E-state index in [4.69, 9.17) is 4.74 Å². The lowest BCUT2D eigenvalue weighted by Gasteiger charge is -2.10. The van der Waals surface area contributed by atoms with Crippen molar-refractivity contribution in [3.8, 4) is 0 Å². The van der Waals surface area contributed by atoms with E-state index in [9.17, 15) is 14.4 Å². The first kappa shape index (κ1) is 17.4.